The van der Waals surface area contributed by atoms with E-state index >= 15 is 0 Å². The van der Waals surface area contributed by atoms with Gasteiger partial charge in [0.05, 0.1) is 27.1 Å². The van der Waals surface area contributed by atoms with Crippen LogP contribution in [-0.2, 0) is 11.2 Å². The second-order valence-electron chi connectivity index (χ2n) is 6.39. The first kappa shape index (κ1) is 16.0. The van der Waals surface area contributed by atoms with Crippen molar-refractivity contribution in [1.29, 1.82) is 0 Å². The summed E-state index contributed by atoms with van der Waals surface area (Å²) in [5.41, 5.74) is 0.605. The topological polar surface area (TPSA) is 33.5 Å². The lowest BCUT2D eigenvalue weighted by atomic mass is 9.80. The quantitative estimate of drug-likeness (QED) is 0.844. The molecule has 0 atom stereocenters. The Balaban J connectivity index is 1.92. The summed E-state index contributed by atoms with van der Waals surface area (Å²) in [4.78, 5) is 13.5. The monoisotopic (exact) mass is 293 g/mol. The Labute approximate surface area is 126 Å². The molecule has 0 spiro atoms. The Morgan fingerprint density at radius 3 is 2.52 bits per heavy atom. The third-order valence-electron chi connectivity index (χ3n) is 4.80. The van der Waals surface area contributed by atoms with Gasteiger partial charge in [0.15, 0.2) is 0 Å². The molecule has 1 saturated carbocycles. The zero-order chi connectivity index (χ0) is 15.3. The van der Waals surface area contributed by atoms with Crippen molar-refractivity contribution in [3.63, 3.8) is 0 Å². The van der Waals surface area contributed by atoms with Crippen molar-refractivity contribution in [3.8, 4) is 0 Å². The van der Waals surface area contributed by atoms with E-state index in [4.69, 9.17) is 0 Å². The van der Waals surface area contributed by atoms with E-state index < -0.39 is 0 Å². The lowest BCUT2D eigenvalue weighted by Crippen LogP contribution is -3.16. The summed E-state index contributed by atoms with van der Waals surface area (Å²) in [7, 11) is 4.32. The van der Waals surface area contributed by atoms with Gasteiger partial charge in [-0.3, -0.25) is 4.79 Å². The van der Waals surface area contributed by atoms with Crippen LogP contribution in [0, 0.1) is 5.82 Å². The highest BCUT2D eigenvalue weighted by Gasteiger charge is 2.38. The van der Waals surface area contributed by atoms with E-state index in [9.17, 15) is 9.18 Å². The Morgan fingerprint density at radius 1 is 1.24 bits per heavy atom. The number of benzene rings is 1. The summed E-state index contributed by atoms with van der Waals surface area (Å²) in [5.74, 6) is -0.399. The number of nitrogens with one attached hydrogen (secondary N) is 2. The van der Waals surface area contributed by atoms with Gasteiger partial charge in [-0.2, -0.15) is 0 Å². The maximum absolute atomic E-state index is 13.6. The van der Waals surface area contributed by atoms with Crippen molar-refractivity contribution in [3.05, 3.63) is 35.6 Å². The lowest BCUT2D eigenvalue weighted by Gasteiger charge is -2.39. The number of carbonyl (C=O) groups is 1. The van der Waals surface area contributed by atoms with Crippen molar-refractivity contribution in [2.24, 2.45) is 0 Å². The first-order valence-electron chi connectivity index (χ1n) is 7.84. The molecule has 0 aliphatic heterocycles. The molecule has 1 aromatic rings. The highest BCUT2D eigenvalue weighted by Crippen LogP contribution is 2.24. The van der Waals surface area contributed by atoms with Crippen molar-refractivity contribution in [2.75, 3.05) is 20.6 Å². The minimum absolute atomic E-state index is 0.0914. The molecule has 0 heterocycles. The van der Waals surface area contributed by atoms with E-state index in [0.29, 0.717) is 12.1 Å². The predicted octanol–water partition coefficient (Wildman–Crippen LogP) is 1.33. The van der Waals surface area contributed by atoms with Crippen LogP contribution in [0.15, 0.2) is 24.3 Å². The molecular formula is C17H26FN2O+. The second kappa shape index (κ2) is 7.03. The Bertz CT molecular complexity index is 481. The van der Waals surface area contributed by atoms with Crippen LogP contribution in [0.5, 0.6) is 0 Å². The average molecular weight is 293 g/mol. The third kappa shape index (κ3) is 4.03. The van der Waals surface area contributed by atoms with Crippen LogP contribution in [0.1, 0.15) is 37.7 Å². The van der Waals surface area contributed by atoms with Gasteiger partial charge in [-0.05, 0) is 24.5 Å². The fraction of sp³-hybridized carbons (Fsp3) is 0.588. The van der Waals surface area contributed by atoms with Gasteiger partial charge >= 0.3 is 0 Å². The van der Waals surface area contributed by atoms with Gasteiger partial charge in [0.25, 0.3) is 0 Å². The van der Waals surface area contributed by atoms with Gasteiger partial charge in [-0.1, -0.05) is 24.6 Å². The molecule has 1 aliphatic carbocycles. The normalized spacial score (nSPS) is 17.7. The van der Waals surface area contributed by atoms with Gasteiger partial charge < -0.3 is 10.2 Å². The second-order valence-corrected chi connectivity index (χ2v) is 6.39. The first-order valence-corrected chi connectivity index (χ1v) is 7.84. The lowest BCUT2D eigenvalue weighted by molar-refractivity contribution is -0.916. The van der Waals surface area contributed by atoms with E-state index in [1.807, 2.05) is 0 Å². The van der Waals surface area contributed by atoms with E-state index in [1.54, 1.807) is 18.2 Å². The molecule has 0 radical (unpaired) electrons. The van der Waals surface area contributed by atoms with Crippen LogP contribution in [-0.4, -0.2) is 32.1 Å². The summed E-state index contributed by atoms with van der Waals surface area (Å²) in [6, 6.07) is 6.47. The van der Waals surface area contributed by atoms with Crippen LogP contribution in [0.2, 0.25) is 0 Å². The van der Waals surface area contributed by atoms with Crippen LogP contribution < -0.4 is 10.2 Å². The highest BCUT2D eigenvalue weighted by atomic mass is 19.1. The highest BCUT2D eigenvalue weighted by molar-refractivity contribution is 5.78. The van der Waals surface area contributed by atoms with Gasteiger partial charge in [0.1, 0.15) is 11.4 Å². The predicted molar refractivity (Wildman–Crippen MR) is 81.7 cm³/mol. The molecule has 0 bridgehead atoms. The summed E-state index contributed by atoms with van der Waals surface area (Å²) in [6.07, 6.45) is 6.16. The number of carbonyl (C=O) groups excluding carboxylic acids is 1. The number of quaternary nitrogens is 1. The fourth-order valence-electron chi connectivity index (χ4n) is 3.23. The molecule has 1 fully saturated rings. The van der Waals surface area contributed by atoms with Gasteiger partial charge in [-0.15, -0.1) is 0 Å². The average Bonchev–Trinajstić information content (AvgIpc) is 2.48. The summed E-state index contributed by atoms with van der Waals surface area (Å²) in [5, 5.41) is 3.02. The fourth-order valence-corrected chi connectivity index (χ4v) is 3.23. The van der Waals surface area contributed by atoms with Crippen molar-refractivity contribution in [1.82, 2.24) is 5.32 Å². The molecule has 1 amide bonds. The third-order valence-corrected chi connectivity index (χ3v) is 4.80. The summed E-state index contributed by atoms with van der Waals surface area (Å²) >= 11 is 0. The maximum atomic E-state index is 13.6. The number of hydrogen-bond donors (Lipinski definition) is 2. The Hall–Kier alpha value is -1.42. The standard InChI is InChI=1S/C17H25FN2O/c1-20(2)17(10-6-3-7-11-17)13-19-16(21)12-14-8-4-5-9-15(14)18/h4-5,8-9H,3,6-7,10-13H2,1-2H3,(H,19,21)/p+1. The van der Waals surface area contributed by atoms with Gasteiger partial charge in [0.2, 0.25) is 5.91 Å². The van der Waals surface area contributed by atoms with Crippen molar-refractivity contribution in [2.45, 2.75) is 44.1 Å². The molecule has 1 aliphatic rings. The number of amides is 1. The number of rotatable bonds is 5. The van der Waals surface area contributed by atoms with E-state index in [-0.39, 0.29) is 23.7 Å². The molecule has 2 rings (SSSR count). The number of hydrogen-bond acceptors (Lipinski definition) is 1. The molecule has 0 unspecified atom stereocenters. The Kier molecular flexibility index (Phi) is 5.34. The van der Waals surface area contributed by atoms with Crippen LogP contribution >= 0.6 is 0 Å². The molecule has 0 saturated heterocycles. The van der Waals surface area contributed by atoms with Crippen LogP contribution in [0.3, 0.4) is 0 Å². The van der Waals surface area contributed by atoms with E-state index in [2.05, 4.69) is 19.4 Å². The molecule has 3 nitrogen and oxygen atoms in total. The summed E-state index contributed by atoms with van der Waals surface area (Å²) < 4.78 is 13.6. The SMILES string of the molecule is C[NH+](C)C1(CNC(=O)Cc2ccccc2F)CCCCC1. The van der Waals surface area contributed by atoms with Crippen molar-refractivity contribution >= 4 is 5.91 Å². The smallest absolute Gasteiger partial charge is 0.224 e. The molecule has 0 aromatic heterocycles. The zero-order valence-electron chi connectivity index (χ0n) is 13.0. The zero-order valence-corrected chi connectivity index (χ0v) is 13.0. The van der Waals surface area contributed by atoms with Crippen LogP contribution in [0.25, 0.3) is 0 Å². The molecule has 4 heteroatoms. The van der Waals surface area contributed by atoms with E-state index in [0.717, 1.165) is 12.8 Å². The summed E-state index contributed by atoms with van der Waals surface area (Å²) in [6.45, 7) is 0.683. The number of halogens is 1. The van der Waals surface area contributed by atoms with Crippen LogP contribution in [0.4, 0.5) is 4.39 Å². The largest absolute Gasteiger partial charge is 0.350 e. The van der Waals surface area contributed by atoms with Gasteiger partial charge in [0, 0.05) is 12.8 Å². The maximum Gasteiger partial charge on any atom is 0.224 e. The Morgan fingerprint density at radius 2 is 1.90 bits per heavy atom. The first-order chi connectivity index (χ1) is 10.0. The molecule has 21 heavy (non-hydrogen) atoms. The molecule has 2 N–H and O–H groups in total. The minimum atomic E-state index is -0.307. The number of likely N-dealkylation sites (N-methyl/N-ethyl adjacent to an activating group) is 1. The van der Waals surface area contributed by atoms with E-state index in [1.165, 1.54) is 30.2 Å². The van der Waals surface area contributed by atoms with Crippen molar-refractivity contribution < 1.29 is 14.1 Å². The molecular weight excluding hydrogens is 267 g/mol. The minimum Gasteiger partial charge on any atom is -0.350 e. The van der Waals surface area contributed by atoms with Gasteiger partial charge in [-0.25, -0.2) is 4.39 Å². The molecule has 116 valence electrons. The molecule has 1 aromatic carbocycles.